The molecular formula is C16H12O4. The standard InChI is InChI=1S/C16H12O4/c17-15(18)9-7-11-5-6-12(8-10-16(19)20)14-4-2-1-3-13(11)14/h1-10H,(H,17,18)(H,19,20). The SMILES string of the molecule is O=C(O)C=Cc1ccc(C=CC(=O)O)c2ccccc12. The quantitative estimate of drug-likeness (QED) is 0.836. The van der Waals surface area contributed by atoms with Crippen molar-refractivity contribution < 1.29 is 19.8 Å². The number of carboxylic acids is 2. The molecule has 0 saturated carbocycles. The summed E-state index contributed by atoms with van der Waals surface area (Å²) in [7, 11) is 0. The average Bonchev–Trinajstić information content (AvgIpc) is 2.43. The molecule has 0 heterocycles. The number of hydrogen-bond acceptors (Lipinski definition) is 2. The van der Waals surface area contributed by atoms with Crippen molar-refractivity contribution in [2.75, 3.05) is 0 Å². The molecule has 0 aliphatic rings. The van der Waals surface area contributed by atoms with Crippen LogP contribution in [0.4, 0.5) is 0 Å². The molecule has 2 aromatic rings. The summed E-state index contributed by atoms with van der Waals surface area (Å²) in [5, 5.41) is 19.1. The smallest absolute Gasteiger partial charge is 0.328 e. The molecule has 4 nitrogen and oxygen atoms in total. The molecule has 0 aromatic heterocycles. The predicted octanol–water partition coefficient (Wildman–Crippen LogP) is 3.04. The number of fused-ring (bicyclic) bond motifs is 1. The van der Waals surface area contributed by atoms with E-state index in [1.807, 2.05) is 24.3 Å². The summed E-state index contributed by atoms with van der Waals surface area (Å²) in [5.74, 6) is -2.02. The van der Waals surface area contributed by atoms with Crippen molar-refractivity contribution >= 4 is 34.9 Å². The van der Waals surface area contributed by atoms with Crippen molar-refractivity contribution in [2.24, 2.45) is 0 Å². The Hall–Kier alpha value is -2.88. The van der Waals surface area contributed by atoms with E-state index in [1.165, 1.54) is 12.2 Å². The lowest BCUT2D eigenvalue weighted by Crippen LogP contribution is -1.89. The average molecular weight is 268 g/mol. The Morgan fingerprint density at radius 3 is 1.50 bits per heavy atom. The molecule has 0 fully saturated rings. The van der Waals surface area contributed by atoms with Gasteiger partial charge in [0.2, 0.25) is 0 Å². The van der Waals surface area contributed by atoms with Gasteiger partial charge in [0.05, 0.1) is 0 Å². The molecule has 2 N–H and O–H groups in total. The number of aliphatic carboxylic acids is 2. The molecule has 20 heavy (non-hydrogen) atoms. The largest absolute Gasteiger partial charge is 0.478 e. The molecule has 4 heteroatoms. The Labute approximate surface area is 115 Å². The molecule has 100 valence electrons. The highest BCUT2D eigenvalue weighted by Gasteiger charge is 2.02. The van der Waals surface area contributed by atoms with Gasteiger partial charge in [0.15, 0.2) is 0 Å². The van der Waals surface area contributed by atoms with Gasteiger partial charge < -0.3 is 10.2 Å². The zero-order valence-corrected chi connectivity index (χ0v) is 10.5. The third-order valence-corrected chi connectivity index (χ3v) is 2.80. The molecule has 0 bridgehead atoms. The van der Waals surface area contributed by atoms with Crippen LogP contribution in [0.3, 0.4) is 0 Å². The van der Waals surface area contributed by atoms with Crippen LogP contribution in [0.5, 0.6) is 0 Å². The molecule has 2 aromatic carbocycles. The van der Waals surface area contributed by atoms with Crippen LogP contribution in [0.2, 0.25) is 0 Å². The minimum Gasteiger partial charge on any atom is -0.478 e. The van der Waals surface area contributed by atoms with Crippen molar-refractivity contribution in [3.63, 3.8) is 0 Å². The van der Waals surface area contributed by atoms with Gasteiger partial charge in [-0.1, -0.05) is 36.4 Å². The minimum atomic E-state index is -1.01. The van der Waals surface area contributed by atoms with Gasteiger partial charge in [-0.3, -0.25) is 0 Å². The molecule has 0 amide bonds. The molecule has 0 radical (unpaired) electrons. The number of benzene rings is 2. The summed E-state index contributed by atoms with van der Waals surface area (Å²) in [6.45, 7) is 0. The lowest BCUT2D eigenvalue weighted by Gasteiger charge is -2.05. The van der Waals surface area contributed by atoms with Gasteiger partial charge in [-0.2, -0.15) is 0 Å². The van der Waals surface area contributed by atoms with Gasteiger partial charge in [-0.05, 0) is 34.1 Å². The van der Waals surface area contributed by atoms with E-state index in [0.29, 0.717) is 0 Å². The summed E-state index contributed by atoms with van der Waals surface area (Å²) >= 11 is 0. The fourth-order valence-electron chi connectivity index (χ4n) is 1.96. The highest BCUT2D eigenvalue weighted by molar-refractivity contribution is 5.99. The summed E-state index contributed by atoms with van der Waals surface area (Å²) in [4.78, 5) is 21.2. The maximum absolute atomic E-state index is 10.6. The van der Waals surface area contributed by atoms with Crippen molar-refractivity contribution in [3.05, 3.63) is 59.7 Å². The molecule has 2 rings (SSSR count). The molecule has 0 aliphatic carbocycles. The van der Waals surface area contributed by atoms with Crippen LogP contribution in [0.15, 0.2) is 48.6 Å². The second kappa shape index (κ2) is 5.84. The highest BCUT2D eigenvalue weighted by atomic mass is 16.4. The zero-order chi connectivity index (χ0) is 14.5. The van der Waals surface area contributed by atoms with E-state index in [2.05, 4.69) is 0 Å². The topological polar surface area (TPSA) is 74.6 Å². The maximum atomic E-state index is 10.6. The van der Waals surface area contributed by atoms with E-state index in [9.17, 15) is 9.59 Å². The van der Waals surface area contributed by atoms with Crippen LogP contribution in [0, 0.1) is 0 Å². The Bertz CT molecular complexity index is 664. The van der Waals surface area contributed by atoms with E-state index in [0.717, 1.165) is 34.1 Å². The van der Waals surface area contributed by atoms with Crippen molar-refractivity contribution in [2.45, 2.75) is 0 Å². The van der Waals surface area contributed by atoms with E-state index in [1.54, 1.807) is 12.1 Å². The highest BCUT2D eigenvalue weighted by Crippen LogP contribution is 2.24. The van der Waals surface area contributed by atoms with E-state index < -0.39 is 11.9 Å². The van der Waals surface area contributed by atoms with Crippen LogP contribution < -0.4 is 0 Å². The Morgan fingerprint density at radius 1 is 0.750 bits per heavy atom. The number of rotatable bonds is 4. The summed E-state index contributed by atoms with van der Waals surface area (Å²) < 4.78 is 0. The van der Waals surface area contributed by atoms with Crippen LogP contribution in [0.1, 0.15) is 11.1 Å². The monoisotopic (exact) mass is 268 g/mol. The van der Waals surface area contributed by atoms with Crippen LogP contribution in [-0.4, -0.2) is 22.2 Å². The van der Waals surface area contributed by atoms with Gasteiger partial charge in [0.1, 0.15) is 0 Å². The Kier molecular flexibility index (Phi) is 3.96. The first-order chi connectivity index (χ1) is 9.58. The van der Waals surface area contributed by atoms with Crippen molar-refractivity contribution in [3.8, 4) is 0 Å². The van der Waals surface area contributed by atoms with E-state index in [4.69, 9.17) is 10.2 Å². The second-order valence-corrected chi connectivity index (χ2v) is 4.13. The predicted molar refractivity (Wildman–Crippen MR) is 77.3 cm³/mol. The number of carboxylic acid groups (broad SMARTS) is 2. The first kappa shape index (κ1) is 13.5. The van der Waals surface area contributed by atoms with Gasteiger partial charge in [0, 0.05) is 12.2 Å². The lowest BCUT2D eigenvalue weighted by atomic mass is 9.99. The minimum absolute atomic E-state index is 0.774. The molecule has 0 atom stereocenters. The Balaban J connectivity index is 2.58. The number of carbonyl (C=O) groups is 2. The van der Waals surface area contributed by atoms with Gasteiger partial charge in [-0.15, -0.1) is 0 Å². The fraction of sp³-hybridized carbons (Fsp3) is 0. The van der Waals surface area contributed by atoms with Crippen LogP contribution in [0.25, 0.3) is 22.9 Å². The fourth-order valence-corrected chi connectivity index (χ4v) is 1.96. The normalized spacial score (nSPS) is 11.4. The van der Waals surface area contributed by atoms with Crippen LogP contribution >= 0.6 is 0 Å². The van der Waals surface area contributed by atoms with Gasteiger partial charge in [-0.25, -0.2) is 9.59 Å². The lowest BCUT2D eigenvalue weighted by molar-refractivity contribution is -0.132. The molecule has 0 saturated heterocycles. The molecule has 0 spiro atoms. The van der Waals surface area contributed by atoms with Crippen molar-refractivity contribution in [1.82, 2.24) is 0 Å². The number of hydrogen-bond donors (Lipinski definition) is 2. The first-order valence-corrected chi connectivity index (χ1v) is 5.91. The third-order valence-electron chi connectivity index (χ3n) is 2.80. The van der Waals surface area contributed by atoms with Crippen molar-refractivity contribution in [1.29, 1.82) is 0 Å². The van der Waals surface area contributed by atoms with Gasteiger partial charge >= 0.3 is 11.9 Å². The third kappa shape index (κ3) is 3.11. The van der Waals surface area contributed by atoms with E-state index in [-0.39, 0.29) is 0 Å². The van der Waals surface area contributed by atoms with Gasteiger partial charge in [0.25, 0.3) is 0 Å². The summed E-state index contributed by atoms with van der Waals surface area (Å²) in [5.41, 5.74) is 1.55. The zero-order valence-electron chi connectivity index (χ0n) is 10.5. The Morgan fingerprint density at radius 2 is 1.15 bits per heavy atom. The molecule has 0 aliphatic heterocycles. The molecule has 0 unspecified atom stereocenters. The second-order valence-electron chi connectivity index (χ2n) is 4.13. The molecular weight excluding hydrogens is 256 g/mol. The van der Waals surface area contributed by atoms with E-state index >= 15 is 0 Å². The summed E-state index contributed by atoms with van der Waals surface area (Å²) in [6.07, 6.45) is 5.20. The summed E-state index contributed by atoms with van der Waals surface area (Å²) in [6, 6.07) is 11.0. The maximum Gasteiger partial charge on any atom is 0.328 e. The van der Waals surface area contributed by atoms with Crippen LogP contribution in [-0.2, 0) is 9.59 Å². The first-order valence-electron chi connectivity index (χ1n) is 5.91.